The van der Waals surface area contributed by atoms with Crippen molar-refractivity contribution < 1.29 is 0 Å². The van der Waals surface area contributed by atoms with Gasteiger partial charge in [-0.15, -0.1) is 0 Å². The molecule has 0 aliphatic rings. The number of fused-ring (bicyclic) bond motifs is 6. The summed E-state index contributed by atoms with van der Waals surface area (Å²) in [6, 6.07) is 18.0. The Morgan fingerprint density at radius 2 is 1.58 bits per heavy atom. The summed E-state index contributed by atoms with van der Waals surface area (Å²) in [6.07, 6.45) is 1.94. The smallest absolute Gasteiger partial charge is 0.0822 e. The molecule has 0 unspecified atom stereocenters. The molecule has 0 aliphatic heterocycles. The van der Waals surface area contributed by atoms with Crippen molar-refractivity contribution in [2.24, 2.45) is 0 Å². The van der Waals surface area contributed by atoms with E-state index in [4.69, 9.17) is 4.98 Å². The predicted octanol–water partition coefficient (Wildman–Crippen LogP) is 6.31. The molecule has 2 nitrogen and oxygen atoms in total. The van der Waals surface area contributed by atoms with Crippen LogP contribution in [0.1, 0.15) is 16.7 Å². The molecule has 0 bridgehead atoms. The Morgan fingerprint density at radius 3 is 2.46 bits per heavy atom. The van der Waals surface area contributed by atoms with Gasteiger partial charge in [0.05, 0.1) is 22.1 Å². The number of benzene rings is 3. The molecule has 0 saturated heterocycles. The molecule has 3 aromatic carbocycles. The van der Waals surface area contributed by atoms with Gasteiger partial charge in [0.15, 0.2) is 0 Å². The molecule has 3 aromatic heterocycles. The van der Waals surface area contributed by atoms with Crippen LogP contribution in [0.3, 0.4) is 0 Å². The number of hydrogen-bond donors (Lipinski definition) is 0. The number of aromatic nitrogens is 2. The van der Waals surface area contributed by atoms with E-state index in [0.29, 0.717) is 0 Å². The maximum Gasteiger partial charge on any atom is 0.0822 e. The minimum absolute atomic E-state index is 1.11. The molecule has 0 spiro atoms. The van der Waals surface area contributed by atoms with E-state index in [0.717, 1.165) is 5.52 Å². The van der Waals surface area contributed by atoms with Crippen LogP contribution in [0.25, 0.3) is 49.0 Å². The first-order valence-corrected chi connectivity index (χ1v) is 9.08. The number of nitrogens with zero attached hydrogens (tertiary/aromatic N) is 2. The van der Waals surface area contributed by atoms with E-state index in [9.17, 15) is 0 Å². The monoisotopic (exact) mass is 334 g/mol. The van der Waals surface area contributed by atoms with Gasteiger partial charge in [-0.1, -0.05) is 35.9 Å². The molecule has 0 amide bonds. The average Bonchev–Trinajstić information content (AvgIpc) is 2.94. The van der Waals surface area contributed by atoms with E-state index >= 15 is 0 Å². The van der Waals surface area contributed by atoms with Gasteiger partial charge in [0, 0.05) is 27.7 Å². The highest BCUT2D eigenvalue weighted by Gasteiger charge is 2.19. The van der Waals surface area contributed by atoms with E-state index in [-0.39, 0.29) is 0 Å². The second-order valence-corrected chi connectivity index (χ2v) is 7.55. The van der Waals surface area contributed by atoms with Gasteiger partial charge in [-0.05, 0) is 55.5 Å². The lowest BCUT2D eigenvalue weighted by Gasteiger charge is -2.14. The van der Waals surface area contributed by atoms with Crippen molar-refractivity contribution in [3.8, 4) is 0 Å². The van der Waals surface area contributed by atoms with Crippen molar-refractivity contribution in [1.29, 1.82) is 0 Å². The van der Waals surface area contributed by atoms with Crippen molar-refractivity contribution in [3.63, 3.8) is 0 Å². The Hall–Kier alpha value is -3.13. The molecule has 6 rings (SSSR count). The third-order valence-electron chi connectivity index (χ3n) is 5.74. The van der Waals surface area contributed by atoms with Crippen LogP contribution >= 0.6 is 0 Å². The molecular formula is C24H18N2. The van der Waals surface area contributed by atoms with Crippen LogP contribution in [-0.2, 0) is 0 Å². The topological polar surface area (TPSA) is 17.3 Å². The lowest BCUT2D eigenvalue weighted by molar-refractivity contribution is 1.29. The Bertz CT molecular complexity index is 1500. The lowest BCUT2D eigenvalue weighted by atomic mass is 10.00. The van der Waals surface area contributed by atoms with Crippen LogP contribution in [0, 0.1) is 20.8 Å². The first kappa shape index (κ1) is 14.1. The second-order valence-electron chi connectivity index (χ2n) is 7.55. The minimum atomic E-state index is 1.11. The summed E-state index contributed by atoms with van der Waals surface area (Å²) in [6.45, 7) is 6.55. The fourth-order valence-corrected chi connectivity index (χ4v) is 4.75. The van der Waals surface area contributed by atoms with E-state index in [1.54, 1.807) is 0 Å². The quantitative estimate of drug-likeness (QED) is 0.235. The first-order chi connectivity index (χ1) is 12.6. The van der Waals surface area contributed by atoms with Gasteiger partial charge in [0.25, 0.3) is 0 Å². The van der Waals surface area contributed by atoms with Gasteiger partial charge in [0.1, 0.15) is 0 Å². The fourth-order valence-electron chi connectivity index (χ4n) is 4.75. The van der Waals surface area contributed by atoms with Crippen molar-refractivity contribution >= 4 is 49.0 Å². The largest absolute Gasteiger partial charge is 0.308 e. The molecule has 0 fully saturated rings. The molecule has 0 aliphatic carbocycles. The Balaban J connectivity index is 2.14. The molecule has 124 valence electrons. The van der Waals surface area contributed by atoms with Crippen molar-refractivity contribution in [3.05, 3.63) is 71.4 Å². The predicted molar refractivity (Wildman–Crippen MR) is 111 cm³/mol. The highest BCUT2D eigenvalue weighted by molar-refractivity contribution is 6.27. The number of aryl methyl sites for hydroxylation is 3. The summed E-state index contributed by atoms with van der Waals surface area (Å²) in [4.78, 5) is 4.82. The number of rotatable bonds is 0. The Kier molecular flexibility index (Phi) is 2.45. The van der Waals surface area contributed by atoms with Crippen molar-refractivity contribution in [1.82, 2.24) is 9.38 Å². The summed E-state index contributed by atoms with van der Waals surface area (Å²) in [5.74, 6) is 0. The normalized spacial score (nSPS) is 12.4. The molecule has 0 atom stereocenters. The zero-order valence-corrected chi connectivity index (χ0v) is 15.1. The maximum absolute atomic E-state index is 4.82. The van der Waals surface area contributed by atoms with Gasteiger partial charge in [-0.3, -0.25) is 4.98 Å². The van der Waals surface area contributed by atoms with Gasteiger partial charge >= 0.3 is 0 Å². The molecule has 2 heteroatoms. The van der Waals surface area contributed by atoms with Gasteiger partial charge in [0.2, 0.25) is 0 Å². The standard InChI is InChI=1S/C24H18N2/c1-13-4-6-17-18-7-5-16-8-9-25-22-19-11-14(2)10-15(3)23(19)26(20(17)12-13)24(18)21(16)22/h4-12H,1-3H3. The molecule has 3 heterocycles. The number of hydrogen-bond acceptors (Lipinski definition) is 1. The maximum atomic E-state index is 4.82. The summed E-state index contributed by atoms with van der Waals surface area (Å²) in [5.41, 5.74) is 8.84. The Labute approximate surface area is 151 Å². The zero-order valence-electron chi connectivity index (χ0n) is 15.1. The van der Waals surface area contributed by atoms with Crippen molar-refractivity contribution in [2.45, 2.75) is 20.8 Å². The third-order valence-corrected chi connectivity index (χ3v) is 5.74. The van der Waals surface area contributed by atoms with Crippen LogP contribution in [0.2, 0.25) is 0 Å². The number of pyridine rings is 2. The van der Waals surface area contributed by atoms with Gasteiger partial charge < -0.3 is 4.40 Å². The fraction of sp³-hybridized carbons (Fsp3) is 0.125. The average molecular weight is 334 g/mol. The summed E-state index contributed by atoms with van der Waals surface area (Å²) >= 11 is 0. The van der Waals surface area contributed by atoms with Gasteiger partial charge in [-0.25, -0.2) is 0 Å². The van der Waals surface area contributed by atoms with Crippen LogP contribution < -0.4 is 0 Å². The van der Waals surface area contributed by atoms with E-state index in [1.165, 1.54) is 60.2 Å². The van der Waals surface area contributed by atoms with Crippen molar-refractivity contribution in [2.75, 3.05) is 0 Å². The third kappa shape index (κ3) is 1.55. The molecule has 0 saturated carbocycles. The first-order valence-electron chi connectivity index (χ1n) is 9.08. The van der Waals surface area contributed by atoms with Crippen LogP contribution in [0.15, 0.2) is 54.7 Å². The summed E-state index contributed by atoms with van der Waals surface area (Å²) < 4.78 is 2.47. The van der Waals surface area contributed by atoms with Crippen LogP contribution in [-0.4, -0.2) is 9.38 Å². The SMILES string of the molecule is Cc1cc(C)c2c(c1)c1nccc3ccc4c5ccc(C)cc5n2c4c31. The molecule has 0 N–H and O–H groups in total. The zero-order chi connectivity index (χ0) is 17.6. The highest BCUT2D eigenvalue weighted by atomic mass is 14.9. The minimum Gasteiger partial charge on any atom is -0.308 e. The van der Waals surface area contributed by atoms with E-state index < -0.39 is 0 Å². The lowest BCUT2D eigenvalue weighted by Crippen LogP contribution is -1.96. The van der Waals surface area contributed by atoms with E-state index in [1.807, 2.05) is 6.20 Å². The van der Waals surface area contributed by atoms with Gasteiger partial charge in [-0.2, -0.15) is 0 Å². The highest BCUT2D eigenvalue weighted by Crippen LogP contribution is 2.41. The molecule has 6 aromatic rings. The van der Waals surface area contributed by atoms with Crippen LogP contribution in [0.5, 0.6) is 0 Å². The summed E-state index contributed by atoms with van der Waals surface area (Å²) in [5, 5.41) is 6.40. The van der Waals surface area contributed by atoms with E-state index in [2.05, 4.69) is 73.7 Å². The van der Waals surface area contributed by atoms with Crippen LogP contribution in [0.4, 0.5) is 0 Å². The molecular weight excluding hydrogens is 316 g/mol. The molecule has 0 radical (unpaired) electrons. The summed E-state index contributed by atoms with van der Waals surface area (Å²) in [7, 11) is 0. The molecule has 26 heavy (non-hydrogen) atoms. The second kappa shape index (κ2) is 4.53. The Morgan fingerprint density at radius 1 is 0.731 bits per heavy atom.